The molecule has 0 saturated carbocycles. The Balaban J connectivity index is 0.000000193. The van der Waals surface area contributed by atoms with E-state index in [4.69, 9.17) is 22.6 Å². The van der Waals surface area contributed by atoms with E-state index in [2.05, 4.69) is 75.4 Å². The smallest absolute Gasteiger partial charge is 0.251 e. The zero-order chi connectivity index (χ0) is 40.9. The number of aromatic nitrogens is 2. The first-order chi connectivity index (χ1) is 28.0. The molecule has 2 aromatic heterocycles. The SMILES string of the molecule is [C-]#[N+]C1(CCn2c(=O)cc(C)c3ccc(C)cc32)CCN(CCc2ccc3c(c2)OCCO3)CC1.[C-]#[N+]C1(CCn2c(=O)cc(C)c3ccc(C)cc32)CCNCC1. The maximum absolute atomic E-state index is 12.9. The number of nitrogens with one attached hydrogen (secondary N) is 1. The van der Waals surface area contributed by atoms with Gasteiger partial charge in [-0.05, 0) is 86.2 Å². The van der Waals surface area contributed by atoms with Crippen molar-refractivity contribution in [3.63, 3.8) is 0 Å². The zero-order valence-electron chi connectivity index (χ0n) is 34.5. The van der Waals surface area contributed by atoms with Crippen LogP contribution in [0.3, 0.4) is 0 Å². The van der Waals surface area contributed by atoms with Crippen LogP contribution in [-0.2, 0) is 19.5 Å². The van der Waals surface area contributed by atoms with Crippen LogP contribution < -0.4 is 25.9 Å². The molecular formula is C48H56N6O4. The van der Waals surface area contributed by atoms with Gasteiger partial charge in [0.25, 0.3) is 11.1 Å². The first kappa shape index (κ1) is 40.8. The molecule has 8 rings (SSSR count). The molecule has 0 radical (unpaired) electrons. The largest absolute Gasteiger partial charge is 0.486 e. The molecule has 5 aromatic rings. The van der Waals surface area contributed by atoms with Crippen molar-refractivity contribution in [3.8, 4) is 11.5 Å². The molecule has 3 aliphatic heterocycles. The van der Waals surface area contributed by atoms with E-state index in [1.54, 1.807) is 12.1 Å². The average Bonchev–Trinajstić information content (AvgIpc) is 3.23. The highest BCUT2D eigenvalue weighted by molar-refractivity contribution is 5.83. The van der Waals surface area contributed by atoms with E-state index in [0.717, 1.165) is 127 Å². The fourth-order valence-electron chi connectivity index (χ4n) is 8.87. The Kier molecular flexibility index (Phi) is 12.4. The van der Waals surface area contributed by atoms with Crippen LogP contribution in [0.2, 0.25) is 0 Å². The van der Waals surface area contributed by atoms with Gasteiger partial charge in [-0.1, -0.05) is 30.3 Å². The molecule has 0 spiro atoms. The van der Waals surface area contributed by atoms with E-state index in [1.165, 1.54) is 5.56 Å². The van der Waals surface area contributed by atoms with Crippen LogP contribution in [0.4, 0.5) is 0 Å². The lowest BCUT2D eigenvalue weighted by Gasteiger charge is -2.34. The van der Waals surface area contributed by atoms with Crippen molar-refractivity contribution >= 4 is 21.8 Å². The molecule has 10 heteroatoms. The maximum Gasteiger partial charge on any atom is 0.251 e. The summed E-state index contributed by atoms with van der Waals surface area (Å²) in [6, 6.07) is 22.2. The first-order valence-corrected chi connectivity index (χ1v) is 20.8. The number of pyridine rings is 2. The minimum Gasteiger partial charge on any atom is -0.486 e. The highest BCUT2D eigenvalue weighted by Gasteiger charge is 2.40. The molecule has 0 atom stereocenters. The Hall–Kier alpha value is -5.42. The molecule has 302 valence electrons. The summed E-state index contributed by atoms with van der Waals surface area (Å²) in [4.78, 5) is 35.9. The predicted molar refractivity (Wildman–Crippen MR) is 232 cm³/mol. The summed E-state index contributed by atoms with van der Waals surface area (Å²) >= 11 is 0. The number of aryl methyl sites for hydroxylation is 6. The monoisotopic (exact) mass is 780 g/mol. The third-order valence-corrected chi connectivity index (χ3v) is 12.7. The molecule has 0 amide bonds. The Labute approximate surface area is 342 Å². The minimum absolute atomic E-state index is 0.0256. The van der Waals surface area contributed by atoms with Crippen LogP contribution in [0.15, 0.2) is 76.3 Å². The minimum atomic E-state index is -0.395. The zero-order valence-corrected chi connectivity index (χ0v) is 34.5. The second-order valence-corrected chi connectivity index (χ2v) is 16.7. The summed E-state index contributed by atoms with van der Waals surface area (Å²) in [6.45, 7) is 30.6. The molecule has 10 nitrogen and oxygen atoms in total. The average molecular weight is 781 g/mol. The van der Waals surface area contributed by atoms with Gasteiger partial charge in [-0.2, -0.15) is 0 Å². The van der Waals surface area contributed by atoms with E-state index < -0.39 is 5.54 Å². The number of hydrogen-bond donors (Lipinski definition) is 1. The maximum atomic E-state index is 12.9. The number of benzene rings is 3. The van der Waals surface area contributed by atoms with Crippen molar-refractivity contribution < 1.29 is 9.47 Å². The van der Waals surface area contributed by atoms with Gasteiger partial charge in [-0.15, -0.1) is 0 Å². The van der Waals surface area contributed by atoms with Crippen LogP contribution in [-0.4, -0.2) is 71.0 Å². The Morgan fingerprint density at radius 1 is 0.638 bits per heavy atom. The van der Waals surface area contributed by atoms with Crippen molar-refractivity contribution in [2.45, 2.75) is 96.8 Å². The number of piperidine rings is 2. The summed E-state index contributed by atoms with van der Waals surface area (Å²) in [7, 11) is 0. The summed E-state index contributed by atoms with van der Waals surface area (Å²) in [5.41, 5.74) is 6.89. The van der Waals surface area contributed by atoms with Crippen molar-refractivity contribution in [1.29, 1.82) is 0 Å². The van der Waals surface area contributed by atoms with Gasteiger partial charge in [0.1, 0.15) is 13.2 Å². The topological polar surface area (TPSA) is 86.5 Å². The molecule has 0 bridgehead atoms. The number of hydrogen-bond acceptors (Lipinski definition) is 6. The van der Waals surface area contributed by atoms with Gasteiger partial charge in [-0.25, -0.2) is 13.1 Å². The third-order valence-electron chi connectivity index (χ3n) is 12.7. The van der Waals surface area contributed by atoms with Crippen LogP contribution in [0.5, 0.6) is 11.5 Å². The van der Waals surface area contributed by atoms with E-state index in [1.807, 2.05) is 36.0 Å². The van der Waals surface area contributed by atoms with Crippen molar-refractivity contribution in [1.82, 2.24) is 19.4 Å². The van der Waals surface area contributed by atoms with Crippen molar-refractivity contribution in [2.24, 2.45) is 0 Å². The van der Waals surface area contributed by atoms with Gasteiger partial charge in [0.2, 0.25) is 11.1 Å². The second kappa shape index (κ2) is 17.6. The number of ether oxygens (including phenoxy) is 2. The van der Waals surface area contributed by atoms with Gasteiger partial charge in [0.15, 0.2) is 11.5 Å². The van der Waals surface area contributed by atoms with Crippen LogP contribution in [0, 0.1) is 40.8 Å². The second-order valence-electron chi connectivity index (χ2n) is 16.7. The normalized spacial score (nSPS) is 17.2. The lowest BCUT2D eigenvalue weighted by Crippen LogP contribution is -2.44. The van der Waals surface area contributed by atoms with E-state index in [9.17, 15) is 9.59 Å². The summed E-state index contributed by atoms with van der Waals surface area (Å²) in [5, 5.41) is 5.55. The molecule has 1 N–H and O–H groups in total. The molecule has 2 saturated heterocycles. The number of nitrogens with zero attached hydrogens (tertiary/aromatic N) is 5. The van der Waals surface area contributed by atoms with Gasteiger partial charge < -0.3 is 38.5 Å². The lowest BCUT2D eigenvalue weighted by atomic mass is 9.85. The van der Waals surface area contributed by atoms with Crippen LogP contribution >= 0.6 is 0 Å². The van der Waals surface area contributed by atoms with Crippen molar-refractivity contribution in [3.05, 3.63) is 138 Å². The van der Waals surface area contributed by atoms with E-state index in [0.29, 0.717) is 32.7 Å². The Bertz CT molecular complexity index is 2490. The molecule has 3 aromatic carbocycles. The summed E-state index contributed by atoms with van der Waals surface area (Å²) < 4.78 is 15.1. The predicted octanol–water partition coefficient (Wildman–Crippen LogP) is 7.83. The van der Waals surface area contributed by atoms with E-state index in [-0.39, 0.29) is 16.7 Å². The van der Waals surface area contributed by atoms with Gasteiger partial charge in [-0.3, -0.25) is 9.59 Å². The molecule has 3 aliphatic rings. The number of rotatable bonds is 9. The highest BCUT2D eigenvalue weighted by Crippen LogP contribution is 2.34. The molecule has 58 heavy (non-hydrogen) atoms. The standard InChI is InChI=1S/C29H33N3O3.C19H23N3O/c1-21-4-6-24-22(2)19-28(33)32(25(24)18-21)15-11-29(30-3)9-13-31(14-10-29)12-8-23-5-7-26-27(20-23)35-17-16-34-26;1-14-4-5-16-15(2)13-18(23)22(17(16)12-14)11-8-19(20-3)6-9-21-10-7-19/h4-7,18-20H,8-17H2,1-2H3;4-5,12-13,21H,6-11H2,1-2H3. The molecule has 5 heterocycles. The number of likely N-dealkylation sites (tertiary alicyclic amines) is 1. The lowest BCUT2D eigenvalue weighted by molar-refractivity contribution is 0.170. The fourth-order valence-corrected chi connectivity index (χ4v) is 8.87. The van der Waals surface area contributed by atoms with Crippen molar-refractivity contribution in [2.75, 3.05) is 45.9 Å². The molecule has 0 aliphatic carbocycles. The Morgan fingerprint density at radius 2 is 1.16 bits per heavy atom. The molecular weight excluding hydrogens is 725 g/mol. The quantitative estimate of drug-likeness (QED) is 0.154. The van der Waals surface area contributed by atoms with E-state index >= 15 is 0 Å². The molecule has 2 fully saturated rings. The van der Waals surface area contributed by atoms with Gasteiger partial charge in [0.05, 0.1) is 11.0 Å². The Morgan fingerprint density at radius 3 is 1.69 bits per heavy atom. The van der Waals surface area contributed by atoms with Gasteiger partial charge >= 0.3 is 0 Å². The third kappa shape index (κ3) is 8.99. The first-order valence-electron chi connectivity index (χ1n) is 20.8. The van der Waals surface area contributed by atoms with Crippen LogP contribution in [0.1, 0.15) is 66.3 Å². The number of fused-ring (bicyclic) bond motifs is 3. The summed E-state index contributed by atoms with van der Waals surface area (Å²) in [5.74, 6) is 1.67. The molecule has 0 unspecified atom stereocenters. The van der Waals surface area contributed by atoms with Crippen LogP contribution in [0.25, 0.3) is 31.5 Å². The fraction of sp³-hybridized carbons (Fsp3) is 0.458. The van der Waals surface area contributed by atoms with Gasteiger partial charge in [0, 0.05) is 107 Å². The summed E-state index contributed by atoms with van der Waals surface area (Å²) in [6.07, 6.45) is 5.82. The highest BCUT2D eigenvalue weighted by atomic mass is 16.6.